The van der Waals surface area contributed by atoms with E-state index in [1.54, 1.807) is 0 Å². The van der Waals surface area contributed by atoms with E-state index in [1.807, 2.05) is 0 Å². The molecule has 0 saturated carbocycles. The molecular weight excluding hydrogens is 206 g/mol. The maximum absolute atomic E-state index is 3.62. The molecule has 2 aliphatic rings. The van der Waals surface area contributed by atoms with Crippen molar-refractivity contribution in [2.45, 2.75) is 38.5 Å². The Hall–Kier alpha value is -1.50. The first-order chi connectivity index (χ1) is 8.19. The summed E-state index contributed by atoms with van der Waals surface area (Å²) in [6, 6.07) is 8.65. The van der Waals surface area contributed by atoms with Crippen LogP contribution < -0.4 is 5.32 Å². The minimum absolute atomic E-state index is 0.119. The summed E-state index contributed by atoms with van der Waals surface area (Å²) in [5.74, 6) is 0. The third kappa shape index (κ3) is 1.61. The highest BCUT2D eigenvalue weighted by Crippen LogP contribution is 2.45. The molecule has 0 amide bonds. The minimum Gasteiger partial charge on any atom is -0.358 e. The van der Waals surface area contributed by atoms with Crippen molar-refractivity contribution in [1.82, 2.24) is 0 Å². The van der Waals surface area contributed by atoms with Gasteiger partial charge in [0.2, 0.25) is 0 Å². The van der Waals surface area contributed by atoms with Gasteiger partial charge in [0.1, 0.15) is 0 Å². The fourth-order valence-electron chi connectivity index (χ4n) is 2.97. The van der Waals surface area contributed by atoms with Crippen molar-refractivity contribution in [2.75, 3.05) is 5.32 Å². The van der Waals surface area contributed by atoms with E-state index in [9.17, 15) is 0 Å². The molecule has 3 rings (SSSR count). The lowest BCUT2D eigenvalue weighted by Crippen LogP contribution is -2.19. The van der Waals surface area contributed by atoms with Crippen LogP contribution in [0, 0.1) is 0 Å². The second-order valence-corrected chi connectivity index (χ2v) is 5.49. The van der Waals surface area contributed by atoms with Crippen molar-refractivity contribution in [1.29, 1.82) is 0 Å². The highest BCUT2D eigenvalue weighted by Gasteiger charge is 2.35. The van der Waals surface area contributed by atoms with E-state index >= 15 is 0 Å². The fraction of sp³-hybridized carbons (Fsp3) is 0.375. The number of allylic oxidation sites excluding steroid dienone is 4. The van der Waals surface area contributed by atoms with Gasteiger partial charge in [0.15, 0.2) is 0 Å². The van der Waals surface area contributed by atoms with Crippen LogP contribution in [0.3, 0.4) is 0 Å². The van der Waals surface area contributed by atoms with Gasteiger partial charge in [-0.15, -0.1) is 0 Å². The predicted octanol–water partition coefficient (Wildman–Crippen LogP) is 4.38. The van der Waals surface area contributed by atoms with E-state index in [1.165, 1.54) is 41.8 Å². The normalized spacial score (nSPS) is 25.5. The van der Waals surface area contributed by atoms with Gasteiger partial charge in [0, 0.05) is 16.8 Å². The van der Waals surface area contributed by atoms with E-state index in [0.29, 0.717) is 0 Å². The Labute approximate surface area is 103 Å². The topological polar surface area (TPSA) is 12.0 Å². The number of nitrogens with one attached hydrogen (secondary N) is 1. The summed E-state index contributed by atoms with van der Waals surface area (Å²) in [7, 11) is 0. The molecule has 1 aromatic carbocycles. The standard InChI is InChI=1S/C16H19N/c1-16(2)13-10-6-7-11-14(13)17-15(16)12-8-4-3-5-9-12/h4,6-8,10-11,17H,3,5,9H2,1-2H3. The van der Waals surface area contributed by atoms with E-state index in [0.717, 1.165) is 0 Å². The molecule has 17 heavy (non-hydrogen) atoms. The van der Waals surface area contributed by atoms with Crippen molar-refractivity contribution in [3.8, 4) is 0 Å². The first-order valence-electron chi connectivity index (χ1n) is 6.46. The van der Waals surface area contributed by atoms with Crippen molar-refractivity contribution < 1.29 is 0 Å². The van der Waals surface area contributed by atoms with Gasteiger partial charge in [-0.25, -0.2) is 0 Å². The summed E-state index contributed by atoms with van der Waals surface area (Å²) in [6.45, 7) is 4.63. The van der Waals surface area contributed by atoms with E-state index in [4.69, 9.17) is 0 Å². The molecule has 0 saturated heterocycles. The van der Waals surface area contributed by atoms with Crippen LogP contribution in [-0.4, -0.2) is 0 Å². The van der Waals surface area contributed by atoms with Gasteiger partial charge in [0.05, 0.1) is 0 Å². The summed E-state index contributed by atoms with van der Waals surface area (Å²) >= 11 is 0. The zero-order valence-corrected chi connectivity index (χ0v) is 10.6. The molecule has 0 atom stereocenters. The van der Waals surface area contributed by atoms with Crippen LogP contribution in [0.15, 0.2) is 47.7 Å². The summed E-state index contributed by atoms with van der Waals surface area (Å²) < 4.78 is 0. The predicted molar refractivity (Wildman–Crippen MR) is 73.1 cm³/mol. The molecule has 1 N–H and O–H groups in total. The first kappa shape index (κ1) is 10.6. The lowest BCUT2D eigenvalue weighted by Gasteiger charge is -2.24. The third-order valence-electron chi connectivity index (χ3n) is 3.94. The van der Waals surface area contributed by atoms with Crippen LogP contribution in [0.1, 0.15) is 38.7 Å². The molecule has 0 unspecified atom stereocenters. The average Bonchev–Trinajstić information content (AvgIpc) is 2.63. The molecule has 0 fully saturated rings. The summed E-state index contributed by atoms with van der Waals surface area (Å²) in [4.78, 5) is 0. The molecule has 1 heterocycles. The smallest absolute Gasteiger partial charge is 0.0424 e. The van der Waals surface area contributed by atoms with Gasteiger partial charge >= 0.3 is 0 Å². The Morgan fingerprint density at radius 2 is 2.00 bits per heavy atom. The quantitative estimate of drug-likeness (QED) is 0.690. The molecule has 0 bridgehead atoms. The molecule has 0 spiro atoms. The lowest BCUT2D eigenvalue weighted by molar-refractivity contribution is 0.639. The van der Waals surface area contributed by atoms with Crippen molar-refractivity contribution >= 4 is 5.69 Å². The monoisotopic (exact) mass is 225 g/mol. The zero-order chi connectivity index (χ0) is 11.9. The number of fused-ring (bicyclic) bond motifs is 1. The van der Waals surface area contributed by atoms with Crippen LogP contribution >= 0.6 is 0 Å². The average molecular weight is 225 g/mol. The number of hydrogen-bond donors (Lipinski definition) is 1. The molecule has 0 radical (unpaired) electrons. The van der Waals surface area contributed by atoms with Gasteiger partial charge in [-0.05, 0) is 36.5 Å². The number of anilines is 1. The number of hydrogen-bond acceptors (Lipinski definition) is 1. The number of para-hydroxylation sites is 1. The highest BCUT2D eigenvalue weighted by atomic mass is 15.0. The van der Waals surface area contributed by atoms with Crippen molar-refractivity contribution in [3.05, 3.63) is 53.3 Å². The molecule has 0 aromatic heterocycles. The van der Waals surface area contributed by atoms with E-state index in [-0.39, 0.29) is 5.41 Å². The van der Waals surface area contributed by atoms with Gasteiger partial charge in [0.25, 0.3) is 0 Å². The van der Waals surface area contributed by atoms with Gasteiger partial charge in [-0.2, -0.15) is 0 Å². The molecule has 1 aliphatic heterocycles. The Kier molecular flexibility index (Phi) is 2.36. The van der Waals surface area contributed by atoms with Gasteiger partial charge < -0.3 is 5.32 Å². The first-order valence-corrected chi connectivity index (χ1v) is 6.46. The maximum atomic E-state index is 3.62. The summed E-state index contributed by atoms with van der Waals surface area (Å²) in [5, 5.41) is 3.62. The third-order valence-corrected chi connectivity index (χ3v) is 3.94. The zero-order valence-electron chi connectivity index (χ0n) is 10.6. The molecular formula is C16H19N. The second-order valence-electron chi connectivity index (χ2n) is 5.49. The van der Waals surface area contributed by atoms with Crippen LogP contribution in [0.5, 0.6) is 0 Å². The SMILES string of the molecule is CC1(C)C(=C2C=CCCC2)Nc2ccccc21. The van der Waals surface area contributed by atoms with Crippen LogP contribution in [0.4, 0.5) is 5.69 Å². The van der Waals surface area contributed by atoms with Crippen molar-refractivity contribution in [3.63, 3.8) is 0 Å². The second kappa shape index (κ2) is 3.76. The Morgan fingerprint density at radius 3 is 2.71 bits per heavy atom. The van der Waals surface area contributed by atoms with E-state index in [2.05, 4.69) is 55.6 Å². The van der Waals surface area contributed by atoms with Crippen molar-refractivity contribution in [2.24, 2.45) is 0 Å². The number of rotatable bonds is 0. The minimum atomic E-state index is 0.119. The van der Waals surface area contributed by atoms with Crippen LogP contribution in [0.2, 0.25) is 0 Å². The molecule has 1 nitrogen and oxygen atoms in total. The molecule has 1 aromatic rings. The van der Waals surface area contributed by atoms with E-state index < -0.39 is 0 Å². The summed E-state index contributed by atoms with van der Waals surface area (Å²) in [5.41, 5.74) is 5.70. The molecule has 88 valence electrons. The Balaban J connectivity index is 2.12. The molecule has 1 aliphatic carbocycles. The van der Waals surface area contributed by atoms with Crippen LogP contribution in [-0.2, 0) is 5.41 Å². The largest absolute Gasteiger partial charge is 0.358 e. The summed E-state index contributed by atoms with van der Waals surface area (Å²) in [6.07, 6.45) is 8.32. The fourth-order valence-corrected chi connectivity index (χ4v) is 2.97. The Bertz CT molecular complexity index is 506. The van der Waals surface area contributed by atoms with Crippen LogP contribution in [0.25, 0.3) is 0 Å². The maximum Gasteiger partial charge on any atom is 0.0424 e. The lowest BCUT2D eigenvalue weighted by atomic mass is 9.81. The van der Waals surface area contributed by atoms with Gasteiger partial charge in [-0.3, -0.25) is 0 Å². The Morgan fingerprint density at radius 1 is 1.18 bits per heavy atom. The van der Waals surface area contributed by atoms with Gasteiger partial charge in [-0.1, -0.05) is 44.2 Å². The highest BCUT2D eigenvalue weighted by molar-refractivity contribution is 5.69. The number of benzene rings is 1. The molecule has 1 heteroatoms.